The maximum atomic E-state index is 4.59. The Morgan fingerprint density at radius 3 is 1.80 bits per heavy atom. The molecule has 432 valence electrons. The van der Waals surface area contributed by atoms with Crippen molar-refractivity contribution in [3.8, 4) is 67.0 Å². The van der Waals surface area contributed by atoms with E-state index in [2.05, 4.69) is 307 Å². The maximum Gasteiger partial charge on any atom is 0.0720 e. The molecule has 0 aliphatic heterocycles. The van der Waals surface area contributed by atoms with Crippen LogP contribution in [0.3, 0.4) is 0 Å². The molecule has 14 aromatic carbocycles. The second kappa shape index (κ2) is 19.9. The monoisotopic (exact) mass is 1200 g/mol. The summed E-state index contributed by atoms with van der Waals surface area (Å²) in [7, 11) is 0. The highest BCUT2D eigenvalue weighted by Gasteiger charge is 2.29. The molecule has 0 spiro atoms. The average Bonchev–Trinajstić information content (AvgIpc) is 1.67. The van der Waals surface area contributed by atoms with E-state index in [1.165, 1.54) is 197 Å². The molecule has 4 aliphatic carbocycles. The van der Waals surface area contributed by atoms with Crippen molar-refractivity contribution >= 4 is 125 Å². The smallest absolute Gasteiger partial charge is 0.0720 e. The van der Waals surface area contributed by atoms with Crippen LogP contribution in [0.5, 0.6) is 0 Å². The maximum absolute atomic E-state index is 4.59. The summed E-state index contributed by atoms with van der Waals surface area (Å²) in [5, 5.41) is 15.5. The van der Waals surface area contributed by atoms with Crippen molar-refractivity contribution in [3.05, 3.63) is 332 Å². The van der Waals surface area contributed by atoms with E-state index in [1.807, 2.05) is 17.4 Å². The summed E-state index contributed by atoms with van der Waals surface area (Å²) in [6.45, 7) is 8.92. The summed E-state index contributed by atoms with van der Waals surface area (Å²) >= 11 is 1.89. The Labute approximate surface area is 541 Å². The van der Waals surface area contributed by atoms with Crippen LogP contribution in [-0.2, 0) is 6.42 Å². The second-order valence-corrected chi connectivity index (χ2v) is 26.5. The minimum atomic E-state index is 0.915. The molecule has 0 atom stereocenters. The normalized spacial score (nSPS) is 13.4. The van der Waals surface area contributed by atoms with Gasteiger partial charge in [-0.3, -0.25) is 0 Å². The molecule has 0 saturated heterocycles. The van der Waals surface area contributed by atoms with Gasteiger partial charge in [-0.15, -0.1) is 11.3 Å². The van der Waals surface area contributed by atoms with Gasteiger partial charge in [0, 0.05) is 54.5 Å². The van der Waals surface area contributed by atoms with Gasteiger partial charge in [0.05, 0.1) is 32.5 Å². The van der Waals surface area contributed by atoms with E-state index in [0.717, 1.165) is 24.0 Å². The molecule has 93 heavy (non-hydrogen) atoms. The fraction of sp³-hybridized carbons (Fsp3) is 0.0222. The number of benzene rings is 14. The first kappa shape index (κ1) is 52.2. The zero-order valence-electron chi connectivity index (χ0n) is 50.8. The summed E-state index contributed by atoms with van der Waals surface area (Å²) < 4.78 is 7.66. The Bertz CT molecular complexity index is 6310. The molecule has 3 heterocycles. The first-order chi connectivity index (χ1) is 46.0. The van der Waals surface area contributed by atoms with Gasteiger partial charge >= 0.3 is 0 Å². The lowest BCUT2D eigenvalue weighted by Crippen LogP contribution is -2.06. The Morgan fingerprint density at radius 1 is 0.376 bits per heavy atom. The molecular weight excluding hydrogens is 1140 g/mol. The highest BCUT2D eigenvalue weighted by Crippen LogP contribution is 2.52. The number of hydrogen-bond acceptors (Lipinski definition) is 1. The van der Waals surface area contributed by atoms with Crippen molar-refractivity contribution in [2.75, 3.05) is 0 Å². The van der Waals surface area contributed by atoms with Crippen LogP contribution in [0.25, 0.3) is 180 Å². The number of allylic oxidation sites excluding steroid dienone is 7. The molecule has 0 radical (unpaired) electrons. The summed E-state index contributed by atoms with van der Waals surface area (Å²) in [5.74, 6) is 0. The van der Waals surface area contributed by atoms with Crippen molar-refractivity contribution in [1.82, 2.24) is 9.13 Å². The minimum Gasteiger partial charge on any atom is -0.309 e. The molecule has 0 saturated carbocycles. The number of hydrogen-bond donors (Lipinski definition) is 0. The Kier molecular flexibility index (Phi) is 11.2. The molecule has 0 N–H and O–H groups in total. The highest BCUT2D eigenvalue weighted by atomic mass is 32.1. The number of aromatic nitrogens is 2. The fourth-order valence-electron chi connectivity index (χ4n) is 16.6. The standard InChI is InChI=1S/C45H29NS.C45H27N/c1-3-30-33(21-20-31-29-13-5-4-12-28(26-29)27(2)43(30)31)34-24-25-41(35-15-7-6-14-32(34)35)46-40-18-10-8-16-36(40)38-22-23-39-37-17-9-11-19-42(37)47-45(39)44(38)46;1-2-9-32-29(8-1)26-42-36(32)21-23-41-37-12-5-6-15-43(37)46(45(41)42)31-19-18-27-24-30(17-16-28(27)25-31)33-20-22-40-35-11-4-3-10-34(35)39-14-7-13-38(33)44(39)40/h3-25H,1-2,26H2;1-25H,26H2. The predicted molar refractivity (Wildman–Crippen MR) is 399 cm³/mol. The molecule has 3 heteroatoms. The predicted octanol–water partition coefficient (Wildman–Crippen LogP) is 24.9. The summed E-state index contributed by atoms with van der Waals surface area (Å²) in [6.07, 6.45) is 12.6. The summed E-state index contributed by atoms with van der Waals surface area (Å²) in [6, 6.07) is 96.9. The molecule has 2 bridgehead atoms. The van der Waals surface area contributed by atoms with E-state index in [-0.39, 0.29) is 0 Å². The van der Waals surface area contributed by atoms with Crippen LogP contribution < -0.4 is 0 Å². The number of rotatable bonds is 5. The lowest BCUT2D eigenvalue weighted by Gasteiger charge is -2.27. The van der Waals surface area contributed by atoms with E-state index < -0.39 is 0 Å². The van der Waals surface area contributed by atoms with E-state index >= 15 is 0 Å². The third-order valence-electron chi connectivity index (χ3n) is 20.7. The van der Waals surface area contributed by atoms with Gasteiger partial charge in [-0.05, 0) is 176 Å². The molecule has 0 amide bonds. The molecule has 3 aromatic heterocycles. The highest BCUT2D eigenvalue weighted by molar-refractivity contribution is 7.26. The Balaban J connectivity index is 0.000000128. The van der Waals surface area contributed by atoms with E-state index in [4.69, 9.17) is 0 Å². The van der Waals surface area contributed by atoms with Gasteiger partial charge in [-0.1, -0.05) is 262 Å². The molecule has 17 aromatic rings. The molecule has 0 fully saturated rings. The van der Waals surface area contributed by atoms with Gasteiger partial charge in [-0.25, -0.2) is 0 Å². The van der Waals surface area contributed by atoms with E-state index in [1.54, 1.807) is 0 Å². The topological polar surface area (TPSA) is 9.86 Å². The average molecular weight is 1200 g/mol. The zero-order valence-corrected chi connectivity index (χ0v) is 51.7. The van der Waals surface area contributed by atoms with Crippen molar-refractivity contribution in [2.45, 2.75) is 12.8 Å². The van der Waals surface area contributed by atoms with Gasteiger partial charge in [0.25, 0.3) is 0 Å². The molecule has 0 unspecified atom stereocenters. The lowest BCUT2D eigenvalue weighted by molar-refractivity contribution is 1.16. The lowest BCUT2D eigenvalue weighted by atomic mass is 9.77. The quantitative estimate of drug-likeness (QED) is 0.163. The molecular formula is C90H56N2S. The van der Waals surface area contributed by atoms with Crippen molar-refractivity contribution in [2.24, 2.45) is 0 Å². The molecule has 21 rings (SSSR count). The third-order valence-corrected chi connectivity index (χ3v) is 21.9. The van der Waals surface area contributed by atoms with Crippen LogP contribution in [0.4, 0.5) is 0 Å². The first-order valence-corrected chi connectivity index (χ1v) is 33.1. The van der Waals surface area contributed by atoms with Crippen molar-refractivity contribution in [1.29, 1.82) is 0 Å². The van der Waals surface area contributed by atoms with Crippen LogP contribution in [0.1, 0.15) is 34.2 Å². The summed E-state index contributed by atoms with van der Waals surface area (Å²) in [4.78, 5) is 0. The van der Waals surface area contributed by atoms with Crippen LogP contribution in [0.2, 0.25) is 0 Å². The fourth-order valence-corrected chi connectivity index (χ4v) is 17.9. The van der Waals surface area contributed by atoms with Gasteiger partial charge < -0.3 is 9.13 Å². The zero-order chi connectivity index (χ0) is 61.2. The third kappa shape index (κ3) is 7.51. The number of fused-ring (bicyclic) bond motifs is 23. The van der Waals surface area contributed by atoms with Crippen molar-refractivity contribution in [3.63, 3.8) is 0 Å². The van der Waals surface area contributed by atoms with Crippen LogP contribution >= 0.6 is 11.3 Å². The molecule has 4 aliphatic rings. The van der Waals surface area contributed by atoms with Crippen molar-refractivity contribution < 1.29 is 0 Å². The van der Waals surface area contributed by atoms with E-state index in [0.29, 0.717) is 0 Å². The summed E-state index contributed by atoms with van der Waals surface area (Å²) in [5.41, 5.74) is 30.7. The Morgan fingerprint density at radius 2 is 0.968 bits per heavy atom. The molecule has 2 nitrogen and oxygen atoms in total. The minimum absolute atomic E-state index is 0.915. The van der Waals surface area contributed by atoms with E-state index in [9.17, 15) is 0 Å². The Hall–Kier alpha value is -11.6. The SMILES string of the molecule is C=Cc1c(-c2ccc(-n3c4ccccc4c4ccc5c6ccccc6sc5c43)c3ccccc23)ccc2c1C(=C)C1=CC=CC=C2C1.c1ccc2c(c1)Cc1c-2ccc2c3ccccc3n(-c3ccc4cc(-c5ccc6c7c(cccc57)-c5ccccc5-6)ccc4c3)c12. The van der Waals surface area contributed by atoms with Crippen LogP contribution in [0, 0.1) is 0 Å². The number of nitrogens with zero attached hydrogens (tertiary/aromatic N) is 2. The first-order valence-electron chi connectivity index (χ1n) is 32.3. The largest absolute Gasteiger partial charge is 0.309 e. The number of thiophene rings is 1. The van der Waals surface area contributed by atoms with Crippen LogP contribution in [-0.4, -0.2) is 9.13 Å². The van der Waals surface area contributed by atoms with Gasteiger partial charge in [-0.2, -0.15) is 0 Å². The van der Waals surface area contributed by atoms with Gasteiger partial charge in [0.1, 0.15) is 0 Å². The van der Waals surface area contributed by atoms with Gasteiger partial charge in [0.2, 0.25) is 0 Å². The second-order valence-electron chi connectivity index (χ2n) is 25.4. The number of para-hydroxylation sites is 2. The van der Waals surface area contributed by atoms with Crippen LogP contribution in [0.15, 0.2) is 304 Å². The van der Waals surface area contributed by atoms with Gasteiger partial charge in [0.15, 0.2) is 0 Å².